The molecular weight excluding hydrogens is 218 g/mol. The molecule has 2 rings (SSSR count). The molecule has 0 bridgehead atoms. The van der Waals surface area contributed by atoms with Gasteiger partial charge >= 0.3 is 0 Å². The molecule has 1 aromatic carbocycles. The molecule has 2 aromatic rings. The first-order valence-corrected chi connectivity index (χ1v) is 5.36. The lowest BCUT2D eigenvalue weighted by Gasteiger charge is -2.06. The van der Waals surface area contributed by atoms with Crippen LogP contribution in [0.25, 0.3) is 0 Å². The maximum atomic E-state index is 9.59. The summed E-state index contributed by atoms with van der Waals surface area (Å²) in [5.41, 5.74) is 1.60. The first-order chi connectivity index (χ1) is 8.16. The summed E-state index contributed by atoms with van der Waals surface area (Å²) in [6.07, 6.45) is 1.88. The number of aromatic nitrogens is 2. The summed E-state index contributed by atoms with van der Waals surface area (Å²) in [4.78, 5) is 0. The molecule has 0 amide bonds. The molecule has 0 radical (unpaired) electrons. The van der Waals surface area contributed by atoms with E-state index in [1.54, 1.807) is 16.8 Å². The summed E-state index contributed by atoms with van der Waals surface area (Å²) >= 11 is 0. The summed E-state index contributed by atoms with van der Waals surface area (Å²) < 4.78 is 1.74. The Morgan fingerprint density at radius 3 is 2.76 bits per heavy atom. The maximum Gasteiger partial charge on any atom is 0.161 e. The third-order valence-electron chi connectivity index (χ3n) is 2.49. The fourth-order valence-electron chi connectivity index (χ4n) is 1.60. The number of nitrogens with zero attached hydrogens (tertiary/aromatic N) is 2. The number of hydrogen-bond donors (Lipinski definition) is 3. The van der Waals surface area contributed by atoms with E-state index in [2.05, 4.69) is 10.4 Å². The van der Waals surface area contributed by atoms with Gasteiger partial charge in [-0.15, -0.1) is 0 Å². The predicted molar refractivity (Wildman–Crippen MR) is 63.5 cm³/mol. The van der Waals surface area contributed by atoms with Crippen molar-refractivity contribution in [3.05, 3.63) is 41.7 Å². The summed E-state index contributed by atoms with van der Waals surface area (Å²) in [5.74, 6) is -0.164. The molecule has 0 aliphatic rings. The monoisotopic (exact) mass is 233 g/mol. The summed E-state index contributed by atoms with van der Waals surface area (Å²) in [6, 6.07) is 6.85. The summed E-state index contributed by atoms with van der Waals surface area (Å²) in [7, 11) is 1.87. The van der Waals surface area contributed by atoms with E-state index in [0.29, 0.717) is 18.7 Å². The van der Waals surface area contributed by atoms with Gasteiger partial charge in [0.15, 0.2) is 11.5 Å². The molecule has 0 aliphatic heterocycles. The molecule has 90 valence electrons. The molecule has 0 spiro atoms. The molecule has 0 aliphatic carbocycles. The average Bonchev–Trinajstić information content (AvgIpc) is 2.70. The zero-order chi connectivity index (χ0) is 12.3. The molecule has 1 heterocycles. The Morgan fingerprint density at radius 2 is 2.06 bits per heavy atom. The molecule has 0 atom stereocenters. The number of para-hydroxylation sites is 1. The lowest BCUT2D eigenvalue weighted by molar-refractivity contribution is 0.397. The van der Waals surface area contributed by atoms with Gasteiger partial charge in [0.2, 0.25) is 0 Å². The Bertz CT molecular complexity index is 508. The van der Waals surface area contributed by atoms with E-state index in [1.165, 1.54) is 6.07 Å². The molecule has 5 nitrogen and oxygen atoms in total. The number of aromatic hydroxyl groups is 2. The van der Waals surface area contributed by atoms with Gasteiger partial charge in [-0.2, -0.15) is 5.10 Å². The lowest BCUT2D eigenvalue weighted by atomic mass is 10.2. The Balaban J connectivity index is 1.92. The van der Waals surface area contributed by atoms with E-state index >= 15 is 0 Å². The minimum Gasteiger partial charge on any atom is -0.504 e. The second-order valence-electron chi connectivity index (χ2n) is 3.87. The zero-order valence-corrected chi connectivity index (χ0v) is 9.59. The smallest absolute Gasteiger partial charge is 0.161 e. The quantitative estimate of drug-likeness (QED) is 0.692. The van der Waals surface area contributed by atoms with Crippen molar-refractivity contribution < 1.29 is 10.2 Å². The highest BCUT2D eigenvalue weighted by Crippen LogP contribution is 2.27. The van der Waals surface area contributed by atoms with E-state index < -0.39 is 0 Å². The number of phenolic OH excluding ortho intramolecular Hbond substituents is 2. The first-order valence-electron chi connectivity index (χ1n) is 5.36. The van der Waals surface area contributed by atoms with E-state index in [4.69, 9.17) is 0 Å². The Labute approximate surface area is 99.3 Å². The molecule has 1 aromatic heterocycles. The van der Waals surface area contributed by atoms with Gasteiger partial charge in [0.25, 0.3) is 0 Å². The van der Waals surface area contributed by atoms with Gasteiger partial charge in [0.1, 0.15) is 0 Å². The van der Waals surface area contributed by atoms with Crippen molar-refractivity contribution in [3.8, 4) is 11.5 Å². The minimum atomic E-state index is -0.0952. The van der Waals surface area contributed by atoms with Gasteiger partial charge in [0.05, 0.1) is 5.69 Å². The van der Waals surface area contributed by atoms with Gasteiger partial charge in [-0.1, -0.05) is 12.1 Å². The van der Waals surface area contributed by atoms with E-state index in [9.17, 15) is 10.2 Å². The highest BCUT2D eigenvalue weighted by atomic mass is 16.3. The van der Waals surface area contributed by atoms with Crippen molar-refractivity contribution in [3.63, 3.8) is 0 Å². The van der Waals surface area contributed by atoms with Crippen molar-refractivity contribution in [1.82, 2.24) is 15.1 Å². The fraction of sp³-hybridized carbons (Fsp3) is 0.250. The molecule has 3 N–H and O–H groups in total. The Kier molecular flexibility index (Phi) is 3.30. The van der Waals surface area contributed by atoms with E-state index in [0.717, 1.165) is 5.69 Å². The minimum absolute atomic E-state index is 0.0685. The average molecular weight is 233 g/mol. The standard InChI is InChI=1S/C12H15N3O2/c1-15-6-5-10(14-15)8-13-7-9-3-2-4-11(16)12(9)17/h2-6,13,16-17H,7-8H2,1H3. The zero-order valence-electron chi connectivity index (χ0n) is 9.59. The van der Waals surface area contributed by atoms with Gasteiger partial charge in [-0.25, -0.2) is 0 Å². The SMILES string of the molecule is Cn1ccc(CNCc2cccc(O)c2O)n1. The van der Waals surface area contributed by atoms with Crippen LogP contribution in [0.4, 0.5) is 0 Å². The molecule has 17 heavy (non-hydrogen) atoms. The predicted octanol–water partition coefficient (Wildman–Crippen LogP) is 1.12. The van der Waals surface area contributed by atoms with Crippen molar-refractivity contribution in [1.29, 1.82) is 0 Å². The molecule has 5 heteroatoms. The number of phenols is 2. The molecule has 0 saturated carbocycles. The van der Waals surface area contributed by atoms with E-state index in [-0.39, 0.29) is 11.5 Å². The van der Waals surface area contributed by atoms with Gasteiger partial charge in [0, 0.05) is 31.9 Å². The van der Waals surface area contributed by atoms with Crippen LogP contribution < -0.4 is 5.32 Å². The molecule has 0 fully saturated rings. The Hall–Kier alpha value is -2.01. The fourth-order valence-corrected chi connectivity index (χ4v) is 1.60. The van der Waals surface area contributed by atoms with Gasteiger partial charge in [-0.05, 0) is 12.1 Å². The second-order valence-corrected chi connectivity index (χ2v) is 3.87. The van der Waals surface area contributed by atoms with Crippen molar-refractivity contribution in [2.45, 2.75) is 13.1 Å². The second kappa shape index (κ2) is 4.88. The van der Waals surface area contributed by atoms with Crippen LogP contribution in [-0.2, 0) is 20.1 Å². The summed E-state index contributed by atoms with van der Waals surface area (Å²) in [5, 5.41) is 26.3. The third kappa shape index (κ3) is 2.76. The van der Waals surface area contributed by atoms with Crippen LogP contribution in [0.1, 0.15) is 11.3 Å². The number of benzene rings is 1. The van der Waals surface area contributed by atoms with Crippen LogP contribution in [0.5, 0.6) is 11.5 Å². The van der Waals surface area contributed by atoms with Crippen LogP contribution >= 0.6 is 0 Å². The topological polar surface area (TPSA) is 70.3 Å². The summed E-state index contributed by atoms with van der Waals surface area (Å²) in [6.45, 7) is 1.10. The van der Waals surface area contributed by atoms with Gasteiger partial charge < -0.3 is 15.5 Å². The van der Waals surface area contributed by atoms with Crippen molar-refractivity contribution in [2.75, 3.05) is 0 Å². The number of rotatable bonds is 4. The number of hydrogen-bond acceptors (Lipinski definition) is 4. The molecular formula is C12H15N3O2. The maximum absolute atomic E-state index is 9.59. The van der Waals surface area contributed by atoms with Crippen molar-refractivity contribution >= 4 is 0 Å². The van der Waals surface area contributed by atoms with Crippen LogP contribution in [-0.4, -0.2) is 20.0 Å². The van der Waals surface area contributed by atoms with Gasteiger partial charge in [-0.3, -0.25) is 4.68 Å². The molecule has 0 unspecified atom stereocenters. The largest absolute Gasteiger partial charge is 0.504 e. The van der Waals surface area contributed by atoms with Crippen LogP contribution in [0.3, 0.4) is 0 Å². The van der Waals surface area contributed by atoms with Crippen molar-refractivity contribution in [2.24, 2.45) is 7.05 Å². The normalized spacial score (nSPS) is 10.6. The van der Waals surface area contributed by atoms with Crippen LogP contribution in [0.15, 0.2) is 30.5 Å². The highest BCUT2D eigenvalue weighted by molar-refractivity contribution is 5.44. The number of nitrogens with one attached hydrogen (secondary N) is 1. The van der Waals surface area contributed by atoms with Crippen LogP contribution in [0, 0.1) is 0 Å². The van der Waals surface area contributed by atoms with Crippen LogP contribution in [0.2, 0.25) is 0 Å². The highest BCUT2D eigenvalue weighted by Gasteiger charge is 2.05. The number of aryl methyl sites for hydroxylation is 1. The lowest BCUT2D eigenvalue weighted by Crippen LogP contribution is -2.13. The third-order valence-corrected chi connectivity index (χ3v) is 2.49. The Morgan fingerprint density at radius 1 is 1.24 bits per heavy atom. The molecule has 0 saturated heterocycles. The first kappa shape index (κ1) is 11.5. The van der Waals surface area contributed by atoms with E-state index in [1.807, 2.05) is 19.3 Å².